The summed E-state index contributed by atoms with van der Waals surface area (Å²) >= 11 is 0. The van der Waals surface area contributed by atoms with Crippen LogP contribution in [-0.2, 0) is 9.59 Å². The van der Waals surface area contributed by atoms with Crippen molar-refractivity contribution in [2.45, 2.75) is 0 Å². The molecule has 7 heteroatoms. The van der Waals surface area contributed by atoms with E-state index in [4.69, 9.17) is 9.47 Å². The first-order chi connectivity index (χ1) is 12.0. The lowest BCUT2D eigenvalue weighted by molar-refractivity contribution is -0.129. The van der Waals surface area contributed by atoms with Crippen molar-refractivity contribution in [1.82, 2.24) is 10.2 Å². The number of benzene rings is 1. The zero-order valence-electron chi connectivity index (χ0n) is 13.8. The molecule has 1 aliphatic rings. The number of barbiturate groups is 1. The normalized spacial score (nSPS) is 15.8. The highest BCUT2D eigenvalue weighted by atomic mass is 16.5. The van der Waals surface area contributed by atoms with Gasteiger partial charge in [0.15, 0.2) is 11.5 Å². The van der Waals surface area contributed by atoms with E-state index < -0.39 is 17.8 Å². The molecule has 0 radical (unpaired) electrons. The van der Waals surface area contributed by atoms with Crippen LogP contribution in [0.15, 0.2) is 49.1 Å². The minimum atomic E-state index is -0.766. The first kappa shape index (κ1) is 18.0. The molecule has 0 unspecified atom stereocenters. The second-order valence-corrected chi connectivity index (χ2v) is 5.03. The van der Waals surface area contributed by atoms with Gasteiger partial charge >= 0.3 is 6.03 Å². The molecule has 0 saturated carbocycles. The second-order valence-electron chi connectivity index (χ2n) is 5.03. The number of nitrogens with zero attached hydrogens (tertiary/aromatic N) is 1. The van der Waals surface area contributed by atoms with Gasteiger partial charge in [0.1, 0.15) is 12.2 Å². The van der Waals surface area contributed by atoms with Crippen LogP contribution in [0.1, 0.15) is 5.56 Å². The Kier molecular flexibility index (Phi) is 5.73. The number of ether oxygens (including phenoxy) is 2. The number of imide groups is 2. The van der Waals surface area contributed by atoms with E-state index in [-0.39, 0.29) is 12.1 Å². The molecular formula is C18H18N2O5. The largest absolute Gasteiger partial charge is 0.493 e. The zero-order chi connectivity index (χ0) is 18.4. The molecule has 25 heavy (non-hydrogen) atoms. The molecule has 2 rings (SSSR count). The van der Waals surface area contributed by atoms with Crippen molar-refractivity contribution in [3.8, 4) is 11.5 Å². The van der Waals surface area contributed by atoms with E-state index in [2.05, 4.69) is 18.5 Å². The molecule has 7 nitrogen and oxygen atoms in total. The van der Waals surface area contributed by atoms with Crippen LogP contribution in [0.4, 0.5) is 4.79 Å². The Morgan fingerprint density at radius 3 is 2.56 bits per heavy atom. The Labute approximate surface area is 145 Å². The maximum absolute atomic E-state index is 12.4. The van der Waals surface area contributed by atoms with Crippen LogP contribution in [0.3, 0.4) is 0 Å². The molecule has 0 atom stereocenters. The van der Waals surface area contributed by atoms with E-state index in [9.17, 15) is 14.4 Å². The zero-order valence-corrected chi connectivity index (χ0v) is 13.8. The van der Waals surface area contributed by atoms with Gasteiger partial charge in [-0.15, -0.1) is 6.58 Å². The van der Waals surface area contributed by atoms with E-state index >= 15 is 0 Å². The fourth-order valence-electron chi connectivity index (χ4n) is 2.20. The third kappa shape index (κ3) is 3.95. The average Bonchev–Trinajstić information content (AvgIpc) is 2.60. The van der Waals surface area contributed by atoms with Gasteiger partial charge in [-0.1, -0.05) is 24.8 Å². The standard InChI is InChI=1S/C18H18N2O5/c1-4-8-20-17(22)13(16(21)19-18(20)23)10-12-6-7-14(25-9-5-2)15(11-12)24-3/h4-7,10-11H,1-2,8-9H2,3H3,(H,19,21,23)/b13-10-. The highest BCUT2D eigenvalue weighted by Gasteiger charge is 2.34. The molecule has 1 fully saturated rings. The fraction of sp³-hybridized carbons (Fsp3) is 0.167. The average molecular weight is 342 g/mol. The Morgan fingerprint density at radius 2 is 1.92 bits per heavy atom. The summed E-state index contributed by atoms with van der Waals surface area (Å²) in [6.07, 6.45) is 4.39. The molecule has 1 aromatic rings. The van der Waals surface area contributed by atoms with E-state index in [1.54, 1.807) is 24.3 Å². The minimum absolute atomic E-state index is 0.00688. The summed E-state index contributed by atoms with van der Waals surface area (Å²) in [5.41, 5.74) is 0.400. The van der Waals surface area contributed by atoms with Crippen LogP contribution in [0.5, 0.6) is 11.5 Å². The molecule has 1 N–H and O–H groups in total. The summed E-state index contributed by atoms with van der Waals surface area (Å²) in [6.45, 7) is 7.39. The first-order valence-corrected chi connectivity index (χ1v) is 7.43. The molecule has 1 heterocycles. The molecule has 4 amide bonds. The van der Waals surface area contributed by atoms with Crippen LogP contribution < -0.4 is 14.8 Å². The third-order valence-corrected chi connectivity index (χ3v) is 3.35. The third-order valence-electron chi connectivity index (χ3n) is 3.35. The monoisotopic (exact) mass is 342 g/mol. The summed E-state index contributed by atoms with van der Waals surface area (Å²) in [7, 11) is 1.48. The van der Waals surface area contributed by atoms with Crippen molar-refractivity contribution in [2.75, 3.05) is 20.3 Å². The SMILES string of the molecule is C=CCOc1ccc(/C=C2/C(=O)NC(=O)N(CC=C)C2=O)cc1OC. The van der Waals surface area contributed by atoms with E-state index in [0.29, 0.717) is 23.7 Å². The Bertz CT molecular complexity index is 767. The number of hydrogen-bond donors (Lipinski definition) is 1. The van der Waals surface area contributed by atoms with Crippen LogP contribution >= 0.6 is 0 Å². The van der Waals surface area contributed by atoms with E-state index in [1.165, 1.54) is 19.3 Å². The minimum Gasteiger partial charge on any atom is -0.493 e. The maximum atomic E-state index is 12.4. The topological polar surface area (TPSA) is 84.9 Å². The van der Waals surface area contributed by atoms with Crippen molar-refractivity contribution in [3.63, 3.8) is 0 Å². The molecule has 0 aromatic heterocycles. The van der Waals surface area contributed by atoms with Gasteiger partial charge in [-0.25, -0.2) is 4.79 Å². The molecule has 1 saturated heterocycles. The van der Waals surface area contributed by atoms with Crippen molar-refractivity contribution >= 4 is 23.9 Å². The van der Waals surface area contributed by atoms with Gasteiger partial charge in [0.05, 0.1) is 7.11 Å². The van der Waals surface area contributed by atoms with Crippen LogP contribution in [0.25, 0.3) is 6.08 Å². The Balaban J connectivity index is 2.35. The molecule has 1 aliphatic heterocycles. The second kappa shape index (κ2) is 7.96. The molecule has 0 spiro atoms. The lowest BCUT2D eigenvalue weighted by Gasteiger charge is -2.25. The number of carbonyl (C=O) groups excluding carboxylic acids is 3. The first-order valence-electron chi connectivity index (χ1n) is 7.43. The number of hydrogen-bond acceptors (Lipinski definition) is 5. The molecule has 0 bridgehead atoms. The fourth-order valence-corrected chi connectivity index (χ4v) is 2.20. The van der Waals surface area contributed by atoms with Gasteiger partial charge in [-0.3, -0.25) is 19.8 Å². The predicted octanol–water partition coefficient (Wildman–Crippen LogP) is 1.91. The number of amides is 4. The molecule has 130 valence electrons. The number of urea groups is 1. The van der Waals surface area contributed by atoms with E-state index in [1.807, 2.05) is 0 Å². The summed E-state index contributed by atoms with van der Waals surface area (Å²) < 4.78 is 10.7. The van der Waals surface area contributed by atoms with Gasteiger partial charge in [0.2, 0.25) is 0 Å². The summed E-state index contributed by atoms with van der Waals surface area (Å²) in [5.74, 6) is -0.479. The van der Waals surface area contributed by atoms with Crippen molar-refractivity contribution < 1.29 is 23.9 Å². The van der Waals surface area contributed by atoms with Crippen molar-refractivity contribution in [1.29, 1.82) is 0 Å². The van der Waals surface area contributed by atoms with Crippen LogP contribution in [-0.4, -0.2) is 43.0 Å². The molecule has 1 aromatic carbocycles. The number of rotatable bonds is 7. The molecule has 0 aliphatic carbocycles. The Morgan fingerprint density at radius 1 is 1.16 bits per heavy atom. The number of methoxy groups -OCH3 is 1. The quantitative estimate of drug-likeness (QED) is 0.465. The maximum Gasteiger partial charge on any atom is 0.331 e. The van der Waals surface area contributed by atoms with Crippen LogP contribution in [0, 0.1) is 0 Å². The lowest BCUT2D eigenvalue weighted by atomic mass is 10.1. The van der Waals surface area contributed by atoms with Crippen molar-refractivity contribution in [3.05, 3.63) is 54.6 Å². The summed E-state index contributed by atoms with van der Waals surface area (Å²) in [4.78, 5) is 37.0. The number of nitrogens with one attached hydrogen (secondary N) is 1. The summed E-state index contributed by atoms with van der Waals surface area (Å²) in [5, 5.41) is 2.13. The highest BCUT2D eigenvalue weighted by molar-refractivity contribution is 6.31. The van der Waals surface area contributed by atoms with Gasteiger partial charge in [0.25, 0.3) is 11.8 Å². The van der Waals surface area contributed by atoms with Crippen LogP contribution in [0.2, 0.25) is 0 Å². The Hall–Kier alpha value is -3.35. The van der Waals surface area contributed by atoms with Gasteiger partial charge in [0, 0.05) is 6.54 Å². The van der Waals surface area contributed by atoms with Gasteiger partial charge in [-0.2, -0.15) is 0 Å². The molecular weight excluding hydrogens is 324 g/mol. The predicted molar refractivity (Wildman–Crippen MR) is 92.1 cm³/mol. The van der Waals surface area contributed by atoms with Crippen molar-refractivity contribution in [2.24, 2.45) is 0 Å². The smallest absolute Gasteiger partial charge is 0.331 e. The lowest BCUT2D eigenvalue weighted by Crippen LogP contribution is -2.54. The van der Waals surface area contributed by atoms with E-state index in [0.717, 1.165) is 4.90 Å². The highest BCUT2D eigenvalue weighted by Crippen LogP contribution is 2.29. The number of carbonyl (C=O) groups is 3. The van der Waals surface area contributed by atoms with Gasteiger partial charge < -0.3 is 9.47 Å². The summed E-state index contributed by atoms with van der Waals surface area (Å²) in [6, 6.07) is 4.19. The van der Waals surface area contributed by atoms with Gasteiger partial charge in [-0.05, 0) is 23.8 Å².